The molecule has 1 aliphatic rings. The van der Waals surface area contributed by atoms with Crippen molar-refractivity contribution in [1.82, 2.24) is 15.1 Å². The van der Waals surface area contributed by atoms with Gasteiger partial charge in [-0.1, -0.05) is 12.8 Å². The molecule has 1 fully saturated rings. The zero-order valence-electron chi connectivity index (χ0n) is 14.3. The lowest BCUT2D eigenvalue weighted by Crippen LogP contribution is -2.34. The van der Waals surface area contributed by atoms with Gasteiger partial charge in [0, 0.05) is 12.1 Å². The molecule has 0 bridgehead atoms. The Morgan fingerprint density at radius 1 is 1.21 bits per heavy atom. The van der Waals surface area contributed by atoms with Crippen molar-refractivity contribution in [2.75, 3.05) is 20.7 Å². The largest absolute Gasteiger partial charge is 0.497 e. The van der Waals surface area contributed by atoms with Gasteiger partial charge in [-0.3, -0.25) is 4.90 Å². The Morgan fingerprint density at radius 2 is 1.96 bits per heavy atom. The van der Waals surface area contributed by atoms with Crippen LogP contribution in [0.1, 0.15) is 31.6 Å². The van der Waals surface area contributed by atoms with E-state index in [0.717, 1.165) is 37.1 Å². The lowest BCUT2D eigenvalue weighted by atomic mass is 9.86. The summed E-state index contributed by atoms with van der Waals surface area (Å²) in [6.45, 7) is 1.44. The van der Waals surface area contributed by atoms with E-state index in [4.69, 9.17) is 9.15 Å². The summed E-state index contributed by atoms with van der Waals surface area (Å²) < 4.78 is 10.9. The Morgan fingerprint density at radius 3 is 2.67 bits per heavy atom. The molecule has 2 aromatic rings. The number of benzene rings is 1. The molecular formula is C18H25N3O3. The molecule has 1 heterocycles. The summed E-state index contributed by atoms with van der Waals surface area (Å²) in [4.78, 5) is 2.14. The minimum Gasteiger partial charge on any atom is -0.497 e. The van der Waals surface area contributed by atoms with E-state index in [9.17, 15) is 5.11 Å². The van der Waals surface area contributed by atoms with Crippen LogP contribution in [0.15, 0.2) is 28.7 Å². The molecule has 24 heavy (non-hydrogen) atoms. The van der Waals surface area contributed by atoms with Crippen molar-refractivity contribution >= 4 is 0 Å². The highest BCUT2D eigenvalue weighted by Gasteiger charge is 2.24. The van der Waals surface area contributed by atoms with Crippen LogP contribution in [0.2, 0.25) is 0 Å². The summed E-state index contributed by atoms with van der Waals surface area (Å²) in [5.74, 6) is 2.24. The molecule has 6 heteroatoms. The van der Waals surface area contributed by atoms with E-state index in [1.807, 2.05) is 31.3 Å². The number of nitrogens with zero attached hydrogens (tertiary/aromatic N) is 3. The van der Waals surface area contributed by atoms with Crippen LogP contribution in [-0.2, 0) is 6.54 Å². The zero-order valence-corrected chi connectivity index (χ0v) is 14.3. The van der Waals surface area contributed by atoms with Gasteiger partial charge in [-0.05, 0) is 50.1 Å². The second-order valence-electron chi connectivity index (χ2n) is 6.54. The van der Waals surface area contributed by atoms with Crippen molar-refractivity contribution in [1.29, 1.82) is 0 Å². The van der Waals surface area contributed by atoms with Crippen molar-refractivity contribution < 1.29 is 14.3 Å². The number of ether oxygens (including phenoxy) is 1. The molecule has 1 N–H and O–H groups in total. The van der Waals surface area contributed by atoms with Gasteiger partial charge < -0.3 is 14.3 Å². The summed E-state index contributed by atoms with van der Waals surface area (Å²) >= 11 is 0. The van der Waals surface area contributed by atoms with Crippen LogP contribution in [0.3, 0.4) is 0 Å². The highest BCUT2D eigenvalue weighted by molar-refractivity contribution is 5.53. The van der Waals surface area contributed by atoms with Crippen LogP contribution < -0.4 is 4.74 Å². The summed E-state index contributed by atoms with van der Waals surface area (Å²) in [6.07, 6.45) is 4.17. The standard InChI is InChI=1S/C18H25N3O3/c1-21(11-14-5-3-4-6-16(14)22)12-17-19-20-18(24-17)13-7-9-15(23-2)10-8-13/h7-10,14,16,22H,3-6,11-12H2,1-2H3. The topological polar surface area (TPSA) is 71.6 Å². The number of aliphatic hydroxyl groups excluding tert-OH is 1. The predicted octanol–water partition coefficient (Wildman–Crippen LogP) is 2.73. The van der Waals surface area contributed by atoms with E-state index in [-0.39, 0.29) is 6.10 Å². The molecule has 3 rings (SSSR count). The summed E-state index contributed by atoms with van der Waals surface area (Å²) in [7, 11) is 3.66. The molecule has 0 saturated heterocycles. The van der Waals surface area contributed by atoms with Gasteiger partial charge in [0.2, 0.25) is 11.8 Å². The van der Waals surface area contributed by atoms with E-state index < -0.39 is 0 Å². The number of aliphatic hydroxyl groups is 1. The molecule has 130 valence electrons. The summed E-state index contributed by atoms with van der Waals surface area (Å²) in [5.41, 5.74) is 0.875. The Labute approximate surface area is 142 Å². The van der Waals surface area contributed by atoms with Gasteiger partial charge in [-0.25, -0.2) is 0 Å². The molecule has 0 spiro atoms. The maximum Gasteiger partial charge on any atom is 0.247 e. The Balaban J connectivity index is 1.58. The number of rotatable bonds is 6. The second-order valence-corrected chi connectivity index (χ2v) is 6.54. The van der Waals surface area contributed by atoms with Gasteiger partial charge in [0.1, 0.15) is 5.75 Å². The van der Waals surface area contributed by atoms with Crippen LogP contribution in [0.25, 0.3) is 11.5 Å². The lowest BCUT2D eigenvalue weighted by molar-refractivity contribution is 0.0488. The highest BCUT2D eigenvalue weighted by atomic mass is 16.5. The molecule has 0 radical (unpaired) electrons. The second kappa shape index (κ2) is 7.77. The van der Waals surface area contributed by atoms with Crippen LogP contribution >= 0.6 is 0 Å². The fraction of sp³-hybridized carbons (Fsp3) is 0.556. The highest BCUT2D eigenvalue weighted by Crippen LogP contribution is 2.25. The molecule has 1 aromatic heterocycles. The third kappa shape index (κ3) is 4.13. The van der Waals surface area contributed by atoms with Gasteiger partial charge in [-0.15, -0.1) is 10.2 Å². The summed E-state index contributed by atoms with van der Waals surface area (Å²) in [5, 5.41) is 18.3. The molecule has 1 aromatic carbocycles. The fourth-order valence-electron chi connectivity index (χ4n) is 3.26. The van der Waals surface area contributed by atoms with Crippen molar-refractivity contribution in [2.45, 2.75) is 38.3 Å². The van der Waals surface area contributed by atoms with Crippen LogP contribution in [0.4, 0.5) is 0 Å². The zero-order chi connectivity index (χ0) is 16.9. The molecule has 0 aliphatic heterocycles. The normalized spacial score (nSPS) is 21.2. The van der Waals surface area contributed by atoms with Crippen LogP contribution in [0.5, 0.6) is 5.75 Å². The first-order valence-corrected chi connectivity index (χ1v) is 8.49. The Hall–Kier alpha value is -1.92. The smallest absolute Gasteiger partial charge is 0.247 e. The first-order chi connectivity index (χ1) is 11.7. The number of hydrogen-bond acceptors (Lipinski definition) is 6. The molecule has 1 aliphatic carbocycles. The third-order valence-corrected chi connectivity index (χ3v) is 4.62. The Kier molecular flexibility index (Phi) is 5.48. The molecule has 0 amide bonds. The molecule has 1 saturated carbocycles. The van der Waals surface area contributed by atoms with Gasteiger partial charge >= 0.3 is 0 Å². The monoisotopic (exact) mass is 331 g/mol. The molecular weight excluding hydrogens is 306 g/mol. The van der Waals surface area contributed by atoms with E-state index >= 15 is 0 Å². The predicted molar refractivity (Wildman–Crippen MR) is 90.6 cm³/mol. The Bertz CT molecular complexity index is 641. The SMILES string of the molecule is COc1ccc(-c2nnc(CN(C)CC3CCCCC3O)o2)cc1. The van der Waals surface area contributed by atoms with Gasteiger partial charge in [0.25, 0.3) is 0 Å². The number of hydrogen-bond donors (Lipinski definition) is 1. The number of methoxy groups -OCH3 is 1. The average molecular weight is 331 g/mol. The van der Waals surface area contributed by atoms with Crippen LogP contribution in [-0.4, -0.2) is 47.0 Å². The van der Waals surface area contributed by atoms with E-state index in [2.05, 4.69) is 15.1 Å². The van der Waals surface area contributed by atoms with E-state index in [0.29, 0.717) is 24.2 Å². The maximum atomic E-state index is 10.1. The van der Waals surface area contributed by atoms with Crippen molar-refractivity contribution in [3.05, 3.63) is 30.2 Å². The van der Waals surface area contributed by atoms with Gasteiger partial charge in [-0.2, -0.15) is 0 Å². The lowest BCUT2D eigenvalue weighted by Gasteiger charge is -2.30. The average Bonchev–Trinajstić information content (AvgIpc) is 3.05. The van der Waals surface area contributed by atoms with Gasteiger partial charge in [0.15, 0.2) is 0 Å². The van der Waals surface area contributed by atoms with Crippen LogP contribution in [0, 0.1) is 5.92 Å². The maximum absolute atomic E-state index is 10.1. The van der Waals surface area contributed by atoms with Crippen molar-refractivity contribution in [3.63, 3.8) is 0 Å². The van der Waals surface area contributed by atoms with Crippen molar-refractivity contribution in [2.24, 2.45) is 5.92 Å². The van der Waals surface area contributed by atoms with E-state index in [1.54, 1.807) is 7.11 Å². The van der Waals surface area contributed by atoms with E-state index in [1.165, 1.54) is 6.42 Å². The van der Waals surface area contributed by atoms with Crippen molar-refractivity contribution in [3.8, 4) is 17.2 Å². The molecule has 6 nitrogen and oxygen atoms in total. The first kappa shape index (κ1) is 16.9. The minimum absolute atomic E-state index is 0.182. The first-order valence-electron chi connectivity index (χ1n) is 8.49. The van der Waals surface area contributed by atoms with Gasteiger partial charge in [0.05, 0.1) is 19.8 Å². The third-order valence-electron chi connectivity index (χ3n) is 4.62. The number of aromatic nitrogens is 2. The molecule has 2 unspecified atom stereocenters. The molecule has 2 atom stereocenters. The minimum atomic E-state index is -0.182. The quantitative estimate of drug-likeness (QED) is 0.877. The fourth-order valence-corrected chi connectivity index (χ4v) is 3.26. The summed E-state index contributed by atoms with van der Waals surface area (Å²) in [6, 6.07) is 7.54.